The maximum Gasteiger partial charge on any atom is 0.469 e. The minimum absolute atomic E-state index is 0.0472. The summed E-state index contributed by atoms with van der Waals surface area (Å²) in [5.74, 6) is -6.82. The number of aliphatic hydroxyl groups excluding tert-OH is 1. The zero-order chi connectivity index (χ0) is 42.3. The number of carbonyl (C=O) groups is 6. The summed E-state index contributed by atoms with van der Waals surface area (Å²) < 4.78 is 21.9. The summed E-state index contributed by atoms with van der Waals surface area (Å²) in [4.78, 5) is 106. The largest absolute Gasteiger partial charge is 0.469 e. The third-order valence-corrected chi connectivity index (χ3v) is 10.4. The van der Waals surface area contributed by atoms with E-state index in [1.165, 1.54) is 29.9 Å². The lowest BCUT2D eigenvalue weighted by atomic mass is 9.89. The van der Waals surface area contributed by atoms with Crippen molar-refractivity contribution in [1.82, 2.24) is 25.5 Å². The molecule has 8 N–H and O–H groups in total. The number of aryl methyl sites for hydroxylation is 1. The molecule has 0 saturated carbocycles. The molecule has 1 aromatic heterocycles. The van der Waals surface area contributed by atoms with Gasteiger partial charge in [0.2, 0.25) is 23.6 Å². The Bertz CT molecular complexity index is 1690. The van der Waals surface area contributed by atoms with Crippen LogP contribution in [0.1, 0.15) is 77.5 Å². The maximum atomic E-state index is 14.0. The third-order valence-electron chi connectivity index (χ3n) is 9.82. The van der Waals surface area contributed by atoms with Gasteiger partial charge < -0.3 is 45.9 Å². The number of unbranched alkanes of at least 4 members (excludes halogenated alkanes) is 1. The van der Waals surface area contributed by atoms with Gasteiger partial charge in [0.1, 0.15) is 12.1 Å². The van der Waals surface area contributed by atoms with Crippen molar-refractivity contribution in [2.45, 2.75) is 109 Å². The number of rotatable bonds is 25. The number of benzene rings is 1. The number of Topliss-reactive ketones (excluding diaryl/α,β-unsaturated/α-hetero) is 2. The van der Waals surface area contributed by atoms with Crippen molar-refractivity contribution in [2.75, 3.05) is 19.8 Å². The summed E-state index contributed by atoms with van der Waals surface area (Å²) in [5, 5.41) is 15.3. The average Bonchev–Trinajstić information content (AvgIpc) is 3.82. The molecule has 0 radical (unpaired) electrons. The van der Waals surface area contributed by atoms with Crippen molar-refractivity contribution in [3.8, 4) is 0 Å². The van der Waals surface area contributed by atoms with E-state index in [9.17, 15) is 38.4 Å². The number of hydrogen-bond acceptors (Lipinski definition) is 11. The molecule has 4 amide bonds. The van der Waals surface area contributed by atoms with Gasteiger partial charge in [-0.2, -0.15) is 0 Å². The minimum atomic E-state index is -5.05. The zero-order valence-electron chi connectivity index (χ0n) is 32.9. The van der Waals surface area contributed by atoms with Crippen LogP contribution >= 0.6 is 7.82 Å². The molecule has 1 aliphatic rings. The number of aliphatic hydroxyl groups is 1. The van der Waals surface area contributed by atoms with E-state index in [0.29, 0.717) is 12.3 Å². The van der Waals surface area contributed by atoms with Crippen LogP contribution in [-0.4, -0.2) is 115 Å². The van der Waals surface area contributed by atoms with Crippen molar-refractivity contribution in [3.63, 3.8) is 0 Å². The highest BCUT2D eigenvalue weighted by molar-refractivity contribution is 7.46. The zero-order valence-corrected chi connectivity index (χ0v) is 33.8. The number of hydrogen-bond donors (Lipinski definition) is 7. The number of likely N-dealkylation sites (tertiary alicyclic amines) is 1. The van der Waals surface area contributed by atoms with Gasteiger partial charge in [-0.15, -0.1) is 0 Å². The Balaban J connectivity index is 1.69. The van der Waals surface area contributed by atoms with Crippen molar-refractivity contribution in [1.29, 1.82) is 0 Å². The highest BCUT2D eigenvalue weighted by Crippen LogP contribution is 2.39. The van der Waals surface area contributed by atoms with Gasteiger partial charge in [-0.25, -0.2) is 9.55 Å². The predicted molar refractivity (Wildman–Crippen MR) is 206 cm³/mol. The Morgan fingerprint density at radius 3 is 2.28 bits per heavy atom. The van der Waals surface area contributed by atoms with Gasteiger partial charge in [0.25, 0.3) is 0 Å². The van der Waals surface area contributed by atoms with Crippen LogP contribution in [0.5, 0.6) is 0 Å². The number of ketones is 2. The molecule has 1 aromatic carbocycles. The van der Waals surface area contributed by atoms with Crippen LogP contribution in [0.4, 0.5) is 0 Å². The molecule has 57 heavy (non-hydrogen) atoms. The van der Waals surface area contributed by atoms with Gasteiger partial charge in [-0.3, -0.25) is 33.3 Å². The molecule has 0 bridgehead atoms. The molecule has 1 saturated heterocycles. The summed E-state index contributed by atoms with van der Waals surface area (Å²) in [6, 6.07) is 6.60. The first-order valence-electron chi connectivity index (χ1n) is 19.1. The molecule has 3 rings (SSSR count). The molecule has 19 heteroatoms. The molecule has 2 aromatic rings. The van der Waals surface area contributed by atoms with Crippen molar-refractivity contribution in [2.24, 2.45) is 23.5 Å². The summed E-state index contributed by atoms with van der Waals surface area (Å²) in [7, 11) is -5.05. The third kappa shape index (κ3) is 15.9. The number of nitrogens with zero attached hydrogens (tertiary/aromatic N) is 2. The van der Waals surface area contributed by atoms with Gasteiger partial charge in [0, 0.05) is 57.6 Å². The molecule has 1 fully saturated rings. The fraction of sp³-hybridized carbons (Fsp3) is 0.605. The van der Waals surface area contributed by atoms with Crippen LogP contribution in [0.25, 0.3) is 0 Å². The van der Waals surface area contributed by atoms with Crippen LogP contribution < -0.4 is 16.4 Å². The van der Waals surface area contributed by atoms with E-state index in [4.69, 9.17) is 20.3 Å². The van der Waals surface area contributed by atoms with Gasteiger partial charge in [-0.1, -0.05) is 44.2 Å². The predicted octanol–water partition coefficient (Wildman–Crippen LogP) is 1.12. The fourth-order valence-corrected chi connectivity index (χ4v) is 7.40. The number of aromatic nitrogens is 2. The summed E-state index contributed by atoms with van der Waals surface area (Å²) in [6.45, 7) is 6.01. The van der Waals surface area contributed by atoms with Gasteiger partial charge >= 0.3 is 7.82 Å². The van der Waals surface area contributed by atoms with E-state index in [-0.39, 0.29) is 43.7 Å². The average molecular weight is 821 g/mol. The van der Waals surface area contributed by atoms with Crippen LogP contribution in [0, 0.1) is 17.8 Å². The summed E-state index contributed by atoms with van der Waals surface area (Å²) in [5.41, 5.74) is 7.07. The first-order chi connectivity index (χ1) is 26.9. The Morgan fingerprint density at radius 2 is 1.70 bits per heavy atom. The Hall–Kier alpha value is -4.32. The smallest absolute Gasteiger partial charge is 0.394 e. The number of amides is 4. The number of primary amides is 1. The van der Waals surface area contributed by atoms with Gasteiger partial charge in [0.05, 0.1) is 43.0 Å². The van der Waals surface area contributed by atoms with Crippen LogP contribution in [0.3, 0.4) is 0 Å². The maximum absolute atomic E-state index is 14.0. The quantitative estimate of drug-likeness (QED) is 0.0547. The van der Waals surface area contributed by atoms with Crippen LogP contribution in [0.2, 0.25) is 0 Å². The minimum Gasteiger partial charge on any atom is -0.394 e. The Kier molecular flexibility index (Phi) is 18.6. The molecular weight excluding hydrogens is 763 g/mol. The van der Waals surface area contributed by atoms with E-state index in [0.717, 1.165) is 26.2 Å². The van der Waals surface area contributed by atoms with Crippen LogP contribution in [0.15, 0.2) is 42.9 Å². The van der Waals surface area contributed by atoms with E-state index in [1.54, 1.807) is 0 Å². The topological polar surface area (TPSA) is 281 Å². The second kappa shape index (κ2) is 22.6. The molecule has 2 heterocycles. The first-order valence-corrected chi connectivity index (χ1v) is 20.6. The van der Waals surface area contributed by atoms with Crippen LogP contribution in [-0.2, 0) is 55.4 Å². The van der Waals surface area contributed by atoms with Crippen molar-refractivity contribution >= 4 is 43.0 Å². The van der Waals surface area contributed by atoms with E-state index in [1.807, 2.05) is 32.0 Å². The standard InChI is InChI=1S/C38H57N6O12P/c1-23(2)14-31(42-38(51)33-17-29(20-44(33)25(4)46)55-13-9-8-12-26-10-6-5-7-11-26)34(47)16-27(15-28-19-40-22-41-28)37(50)43-32(21-45)35(48)18-30(36(39)49)24(3)56-57(52,53)54/h5-7,10-11,19,22-24,27,29-33,45H,8-9,12-18,20-21H2,1-4H3,(H2,39,49)(H,40,41)(H,42,51)(H,43,50)(H2,52,53,54)/t24-,27-,29+,30+,31+,32+,33+/m1/s1. The number of imidazole rings is 1. The Morgan fingerprint density at radius 1 is 1.02 bits per heavy atom. The number of carbonyl (C=O) groups excluding carboxylic acids is 6. The normalized spacial score (nSPS) is 18.4. The fourth-order valence-electron chi connectivity index (χ4n) is 6.82. The molecule has 0 unspecified atom stereocenters. The lowest BCUT2D eigenvalue weighted by Gasteiger charge is -2.27. The highest BCUT2D eigenvalue weighted by atomic mass is 31.2. The van der Waals surface area contributed by atoms with E-state index in [2.05, 4.69) is 37.3 Å². The molecule has 7 atom stereocenters. The Labute approximate surface area is 332 Å². The second-order valence-corrected chi connectivity index (χ2v) is 16.1. The van der Waals surface area contributed by atoms with Gasteiger partial charge in [-0.05, 0) is 44.1 Å². The molecular formula is C38H57N6O12P. The van der Waals surface area contributed by atoms with Crippen molar-refractivity contribution < 1.29 is 57.5 Å². The number of ether oxygens (including phenoxy) is 1. The lowest BCUT2D eigenvalue weighted by Crippen LogP contribution is -2.52. The number of aromatic amines is 1. The molecule has 0 aliphatic carbocycles. The number of nitrogens with one attached hydrogen (secondary N) is 3. The highest BCUT2D eigenvalue weighted by Gasteiger charge is 2.41. The number of phosphoric acid groups is 1. The number of nitrogens with two attached hydrogens (primary N) is 1. The molecule has 1 aliphatic heterocycles. The van der Waals surface area contributed by atoms with E-state index >= 15 is 0 Å². The lowest BCUT2D eigenvalue weighted by molar-refractivity contribution is -0.138. The van der Waals surface area contributed by atoms with E-state index < -0.39 is 92.6 Å². The monoisotopic (exact) mass is 820 g/mol. The molecule has 18 nitrogen and oxygen atoms in total. The number of phosphoric ester groups is 1. The summed E-state index contributed by atoms with van der Waals surface area (Å²) >= 11 is 0. The summed E-state index contributed by atoms with van der Waals surface area (Å²) in [6.07, 6.45) is 2.89. The second-order valence-electron chi connectivity index (χ2n) is 14.9. The SMILES string of the molecule is CC(=O)N1C[C@@H](OCCCCc2ccccc2)C[C@H]1C(=O)N[C@@H](CC(C)C)C(=O)C[C@@H](Cc1cnc[nH]1)C(=O)N[C@@H](CO)C(=O)C[C@H](C(N)=O)[C@@H](C)OP(=O)(O)O. The molecule has 0 spiro atoms. The first kappa shape index (κ1) is 47.1. The van der Waals surface area contributed by atoms with Crippen molar-refractivity contribution in [3.05, 3.63) is 54.1 Å². The molecule has 316 valence electrons. The van der Waals surface area contributed by atoms with Gasteiger partial charge in [0.15, 0.2) is 11.6 Å². The number of H-pyrrole nitrogens is 1.